The van der Waals surface area contributed by atoms with Crippen molar-refractivity contribution in [2.24, 2.45) is 0 Å². The quantitative estimate of drug-likeness (QED) is 0.541. The van der Waals surface area contributed by atoms with E-state index < -0.39 is 8.03 Å². The number of anilines is 1. The summed E-state index contributed by atoms with van der Waals surface area (Å²) < 4.78 is 11.0. The number of benzene rings is 2. The van der Waals surface area contributed by atoms with Crippen molar-refractivity contribution in [3.63, 3.8) is 0 Å². The normalized spacial score (nSPS) is 15.9. The van der Waals surface area contributed by atoms with Crippen LogP contribution in [0.1, 0.15) is 23.2 Å². The van der Waals surface area contributed by atoms with Crippen LogP contribution in [0.3, 0.4) is 0 Å². The second kappa shape index (κ2) is 11.4. The number of aliphatic hydroxyl groups excluding tert-OH is 1. The number of nitrogens with zero attached hydrogens (tertiary/aromatic N) is 1. The van der Waals surface area contributed by atoms with E-state index in [9.17, 15) is 14.3 Å². The zero-order valence-corrected chi connectivity index (χ0v) is 17.8. The molecule has 7 nitrogen and oxygen atoms in total. The Morgan fingerprint density at radius 3 is 2.52 bits per heavy atom. The van der Waals surface area contributed by atoms with Crippen molar-refractivity contribution < 1.29 is 19.4 Å². The molecule has 1 saturated heterocycles. The lowest BCUT2D eigenvalue weighted by Crippen LogP contribution is -2.33. The van der Waals surface area contributed by atoms with E-state index >= 15 is 0 Å². The van der Waals surface area contributed by atoms with Gasteiger partial charge < -0.3 is 20.6 Å². The Bertz CT molecular complexity index is 1020. The van der Waals surface area contributed by atoms with E-state index in [2.05, 4.69) is 15.6 Å². The molecule has 2 heterocycles. The first-order chi connectivity index (χ1) is 15.0. The van der Waals surface area contributed by atoms with Crippen LogP contribution in [0, 0.1) is 0 Å². The fraction of sp³-hybridized carbons (Fsp3) is 0.217. The van der Waals surface area contributed by atoms with Crippen molar-refractivity contribution in [1.82, 2.24) is 10.3 Å². The summed E-state index contributed by atoms with van der Waals surface area (Å²) in [4.78, 5) is 27.3. The molecule has 0 saturated carbocycles. The highest BCUT2D eigenvalue weighted by molar-refractivity contribution is 7.45. The maximum Gasteiger partial charge on any atom is 0.348 e. The Kier molecular flexibility index (Phi) is 8.38. The van der Waals surface area contributed by atoms with E-state index in [0.717, 1.165) is 37.1 Å². The monoisotopic (exact) mass is 437 g/mol. The average Bonchev–Trinajstić information content (AvgIpc) is 2.81. The van der Waals surface area contributed by atoms with E-state index in [4.69, 9.17) is 5.11 Å². The number of nitrogens with one attached hydrogen (secondary N) is 2. The van der Waals surface area contributed by atoms with Crippen LogP contribution in [-0.2, 0) is 4.57 Å². The molecular weight excluding hydrogens is 413 g/mol. The van der Waals surface area contributed by atoms with Crippen molar-refractivity contribution in [1.29, 1.82) is 0 Å². The standard InChI is InChI=1S/C18H13N2O3P.C5H11NO/c21-18(15-4-2-6-17(12-15)24(22)23)20-16-5-1-3-14(11-16)13-7-9-19-10-8-13;7-5-2-1-3-6-4-5/h1-12H,(H,20,21);5-7H,1-4H2. The lowest BCUT2D eigenvalue weighted by atomic mass is 10.1. The van der Waals surface area contributed by atoms with Gasteiger partial charge in [0, 0.05) is 36.3 Å². The van der Waals surface area contributed by atoms with E-state index in [-0.39, 0.29) is 17.3 Å². The molecule has 1 aliphatic rings. The Balaban J connectivity index is 0.000000330. The molecule has 3 aromatic rings. The number of carbonyl (C=O) groups is 1. The molecule has 1 aromatic heterocycles. The molecule has 1 amide bonds. The minimum absolute atomic E-state index is 0.0752. The fourth-order valence-corrected chi connectivity index (χ4v) is 3.57. The summed E-state index contributed by atoms with van der Waals surface area (Å²) in [6, 6.07) is 17.1. The highest BCUT2D eigenvalue weighted by atomic mass is 31.1. The minimum atomic E-state index is -2.72. The van der Waals surface area contributed by atoms with Gasteiger partial charge in [-0.3, -0.25) is 9.78 Å². The zero-order valence-electron chi connectivity index (χ0n) is 16.9. The van der Waals surface area contributed by atoms with E-state index in [1.807, 2.05) is 30.3 Å². The fourth-order valence-electron chi connectivity index (χ4n) is 3.12. The van der Waals surface area contributed by atoms with Crippen molar-refractivity contribution in [2.75, 3.05) is 18.4 Å². The summed E-state index contributed by atoms with van der Waals surface area (Å²) in [6.45, 7) is 1.87. The number of aromatic nitrogens is 1. The summed E-state index contributed by atoms with van der Waals surface area (Å²) in [5.74, 6) is -0.361. The summed E-state index contributed by atoms with van der Waals surface area (Å²) in [7, 11) is -2.72. The maximum absolute atomic E-state index is 12.3. The minimum Gasteiger partial charge on any atom is -0.591 e. The average molecular weight is 437 g/mol. The van der Waals surface area contributed by atoms with Gasteiger partial charge in [0.25, 0.3) is 5.91 Å². The molecule has 4 rings (SSSR count). The van der Waals surface area contributed by atoms with Crippen LogP contribution in [0.5, 0.6) is 0 Å². The number of β-amino-alcohol motifs (C(OH)–C–C–N with tert-alkyl or cyclic N) is 1. The van der Waals surface area contributed by atoms with Crippen LogP contribution in [0.15, 0.2) is 73.1 Å². The molecule has 1 fully saturated rings. The van der Waals surface area contributed by atoms with Gasteiger partial charge in [0.2, 0.25) is 0 Å². The van der Waals surface area contributed by atoms with Crippen molar-refractivity contribution in [3.8, 4) is 11.1 Å². The largest absolute Gasteiger partial charge is 0.591 e. The SMILES string of the molecule is O=C(Nc1cccc(-c2ccncc2)c1)c1cccc([P+](=O)[O-])c1.OC1CCCNC1. The van der Waals surface area contributed by atoms with Crippen LogP contribution in [0.4, 0.5) is 5.69 Å². The van der Waals surface area contributed by atoms with Gasteiger partial charge in [-0.15, -0.1) is 0 Å². The summed E-state index contributed by atoms with van der Waals surface area (Å²) in [5.41, 5.74) is 2.87. The predicted octanol–water partition coefficient (Wildman–Crippen LogP) is 2.46. The number of hydrogen-bond donors (Lipinski definition) is 3. The van der Waals surface area contributed by atoms with E-state index in [0.29, 0.717) is 11.3 Å². The van der Waals surface area contributed by atoms with Gasteiger partial charge in [-0.2, -0.15) is 0 Å². The number of carbonyl (C=O) groups excluding carboxylic acids is 1. The molecular formula is C23H24N3O4P. The Hall–Kier alpha value is -2.96. The highest BCUT2D eigenvalue weighted by Gasteiger charge is 2.12. The smallest absolute Gasteiger partial charge is 0.348 e. The molecule has 0 spiro atoms. The topological polar surface area (TPSA) is 114 Å². The van der Waals surface area contributed by atoms with Crippen LogP contribution >= 0.6 is 8.03 Å². The molecule has 1 aliphatic heterocycles. The molecule has 0 aliphatic carbocycles. The van der Waals surface area contributed by atoms with Gasteiger partial charge in [0.05, 0.1) is 6.10 Å². The Labute approximate surface area is 182 Å². The van der Waals surface area contributed by atoms with Crippen LogP contribution in [0.25, 0.3) is 11.1 Å². The van der Waals surface area contributed by atoms with Crippen molar-refractivity contribution in [3.05, 3.63) is 78.6 Å². The van der Waals surface area contributed by atoms with E-state index in [1.165, 1.54) is 12.1 Å². The van der Waals surface area contributed by atoms with Gasteiger partial charge in [-0.1, -0.05) is 22.8 Å². The first-order valence-corrected chi connectivity index (χ1v) is 11.2. The lowest BCUT2D eigenvalue weighted by molar-refractivity contribution is -0.160. The van der Waals surface area contributed by atoms with Gasteiger partial charge in [-0.25, -0.2) is 0 Å². The number of amides is 1. The second-order valence-corrected chi connectivity index (χ2v) is 8.11. The third kappa shape index (κ3) is 7.05. The molecule has 0 bridgehead atoms. The number of aliphatic hydroxyl groups is 1. The molecule has 2 aromatic carbocycles. The summed E-state index contributed by atoms with van der Waals surface area (Å²) in [6.07, 6.45) is 5.44. The van der Waals surface area contributed by atoms with Gasteiger partial charge in [0.1, 0.15) is 0 Å². The number of hydrogen-bond acceptors (Lipinski definition) is 6. The molecule has 3 N–H and O–H groups in total. The van der Waals surface area contributed by atoms with Gasteiger partial charge >= 0.3 is 8.03 Å². The van der Waals surface area contributed by atoms with Gasteiger partial charge in [-0.05, 0) is 66.9 Å². The Morgan fingerprint density at radius 1 is 1.10 bits per heavy atom. The zero-order chi connectivity index (χ0) is 22.1. The first kappa shape index (κ1) is 22.7. The van der Waals surface area contributed by atoms with Crippen LogP contribution < -0.4 is 20.8 Å². The molecule has 0 radical (unpaired) electrons. The third-order valence-electron chi connectivity index (χ3n) is 4.72. The molecule has 2 atom stereocenters. The maximum atomic E-state index is 12.3. The van der Waals surface area contributed by atoms with Crippen LogP contribution in [-0.4, -0.2) is 35.2 Å². The third-order valence-corrected chi connectivity index (χ3v) is 5.42. The van der Waals surface area contributed by atoms with Crippen molar-refractivity contribution >= 4 is 24.9 Å². The highest BCUT2D eigenvalue weighted by Crippen LogP contribution is 2.22. The molecule has 2 unspecified atom stereocenters. The number of rotatable bonds is 4. The second-order valence-electron chi connectivity index (χ2n) is 7.08. The van der Waals surface area contributed by atoms with Crippen LogP contribution in [0.2, 0.25) is 0 Å². The predicted molar refractivity (Wildman–Crippen MR) is 119 cm³/mol. The van der Waals surface area contributed by atoms with E-state index in [1.54, 1.807) is 30.6 Å². The Morgan fingerprint density at radius 2 is 1.87 bits per heavy atom. The van der Waals surface area contributed by atoms with Crippen molar-refractivity contribution in [2.45, 2.75) is 18.9 Å². The molecule has 8 heteroatoms. The molecule has 160 valence electrons. The number of pyridine rings is 1. The number of piperidine rings is 1. The summed E-state index contributed by atoms with van der Waals surface area (Å²) >= 11 is 0. The van der Waals surface area contributed by atoms with Gasteiger partial charge in [0.15, 0.2) is 5.30 Å². The summed E-state index contributed by atoms with van der Waals surface area (Å²) in [5, 5.41) is 14.8. The lowest BCUT2D eigenvalue weighted by Gasteiger charge is -2.16. The molecule has 31 heavy (non-hydrogen) atoms. The first-order valence-electron chi connectivity index (χ1n) is 9.98.